The Kier molecular flexibility index (Phi) is 2.48. The molecule has 1 atom stereocenters. The van der Waals surface area contributed by atoms with Gasteiger partial charge in [0.2, 0.25) is 0 Å². The predicted molar refractivity (Wildman–Crippen MR) is 53.6 cm³/mol. The molecule has 1 unspecified atom stereocenters. The normalized spacial score (nSPS) is 16.8. The molecule has 1 aromatic rings. The zero-order valence-corrected chi connectivity index (χ0v) is 8.34. The molecule has 0 amide bonds. The van der Waals surface area contributed by atoms with Crippen molar-refractivity contribution in [1.82, 2.24) is 0 Å². The van der Waals surface area contributed by atoms with Gasteiger partial charge in [-0.2, -0.15) is 0 Å². The fourth-order valence-electron chi connectivity index (χ4n) is 1.83. The standard InChI is InChI=1S/C10H10O3S/c11-10-5-4-8-7(6-14(12)13)2-1-3-9(8)10/h1-3H,4-6H2,(H,12,13). The minimum Gasteiger partial charge on any atom is -0.306 e. The topological polar surface area (TPSA) is 54.4 Å². The number of ketones is 1. The summed E-state index contributed by atoms with van der Waals surface area (Å²) >= 11 is -1.83. The van der Waals surface area contributed by atoms with Gasteiger partial charge in [-0.15, -0.1) is 0 Å². The van der Waals surface area contributed by atoms with Crippen molar-refractivity contribution in [3.05, 3.63) is 34.9 Å². The number of rotatable bonds is 2. The van der Waals surface area contributed by atoms with Crippen LogP contribution in [0.1, 0.15) is 27.9 Å². The van der Waals surface area contributed by atoms with Crippen LogP contribution in [0.15, 0.2) is 18.2 Å². The fraction of sp³-hybridized carbons (Fsp3) is 0.300. The first-order valence-corrected chi connectivity index (χ1v) is 5.67. The first-order chi connectivity index (χ1) is 6.68. The first kappa shape index (κ1) is 9.55. The maximum absolute atomic E-state index is 11.4. The quantitative estimate of drug-likeness (QED) is 0.753. The lowest BCUT2D eigenvalue weighted by atomic mass is 10.0. The molecule has 0 aliphatic heterocycles. The van der Waals surface area contributed by atoms with Crippen molar-refractivity contribution in [1.29, 1.82) is 0 Å². The summed E-state index contributed by atoms with van der Waals surface area (Å²) < 4.78 is 19.5. The molecule has 0 saturated carbocycles. The molecule has 4 heteroatoms. The molecular formula is C10H10O3S. The largest absolute Gasteiger partial charge is 0.306 e. The number of fused-ring (bicyclic) bond motifs is 1. The summed E-state index contributed by atoms with van der Waals surface area (Å²) in [5.41, 5.74) is 2.52. The maximum atomic E-state index is 11.4. The number of benzene rings is 1. The molecule has 0 radical (unpaired) electrons. The van der Waals surface area contributed by atoms with Crippen molar-refractivity contribution < 1.29 is 13.6 Å². The minimum absolute atomic E-state index is 0.121. The Hall–Kier alpha value is -1.00. The summed E-state index contributed by atoms with van der Waals surface area (Å²) in [4.78, 5) is 11.4. The number of Topliss-reactive ketones (excluding diaryl/α,β-unsaturated/α-hetero) is 1. The summed E-state index contributed by atoms with van der Waals surface area (Å²) in [6.45, 7) is 0. The number of carbonyl (C=O) groups is 1. The molecule has 3 nitrogen and oxygen atoms in total. The number of carbonyl (C=O) groups excluding carboxylic acids is 1. The van der Waals surface area contributed by atoms with Crippen LogP contribution < -0.4 is 0 Å². The van der Waals surface area contributed by atoms with E-state index in [0.29, 0.717) is 12.8 Å². The van der Waals surface area contributed by atoms with E-state index >= 15 is 0 Å². The highest BCUT2D eigenvalue weighted by Gasteiger charge is 2.21. The molecule has 0 bridgehead atoms. The van der Waals surface area contributed by atoms with Crippen LogP contribution in [-0.4, -0.2) is 14.5 Å². The monoisotopic (exact) mass is 210 g/mol. The molecule has 1 aliphatic rings. The highest BCUT2D eigenvalue weighted by Crippen LogP contribution is 2.25. The van der Waals surface area contributed by atoms with Gasteiger partial charge in [-0.3, -0.25) is 4.79 Å². The highest BCUT2D eigenvalue weighted by molar-refractivity contribution is 7.78. The van der Waals surface area contributed by atoms with Gasteiger partial charge in [0, 0.05) is 12.0 Å². The summed E-state index contributed by atoms with van der Waals surface area (Å²) in [5.74, 6) is 0.266. The predicted octanol–water partition coefficient (Wildman–Crippen LogP) is 1.54. The molecule has 1 aliphatic carbocycles. The number of hydrogen-bond acceptors (Lipinski definition) is 2. The van der Waals surface area contributed by atoms with Crippen LogP contribution in [-0.2, 0) is 23.3 Å². The fourth-order valence-corrected chi connectivity index (χ4v) is 2.37. The molecule has 1 aromatic carbocycles. The zero-order valence-electron chi connectivity index (χ0n) is 7.53. The summed E-state index contributed by atoms with van der Waals surface area (Å²) in [7, 11) is 0. The van der Waals surface area contributed by atoms with Crippen molar-refractivity contribution >= 4 is 16.9 Å². The van der Waals surface area contributed by atoms with E-state index in [2.05, 4.69) is 0 Å². The van der Waals surface area contributed by atoms with Crippen LogP contribution in [0.3, 0.4) is 0 Å². The van der Waals surface area contributed by atoms with Crippen LogP contribution in [0, 0.1) is 0 Å². The van der Waals surface area contributed by atoms with E-state index in [1.807, 2.05) is 6.07 Å². The Morgan fingerprint density at radius 1 is 1.36 bits per heavy atom. The molecule has 0 aromatic heterocycles. The lowest BCUT2D eigenvalue weighted by molar-refractivity contribution is 0.0994. The Morgan fingerprint density at radius 3 is 2.86 bits per heavy atom. The third-order valence-corrected chi connectivity index (χ3v) is 3.01. The van der Waals surface area contributed by atoms with Crippen LogP contribution in [0.2, 0.25) is 0 Å². The number of hydrogen-bond donors (Lipinski definition) is 1. The average Bonchev–Trinajstić information content (AvgIpc) is 2.49. The maximum Gasteiger partial charge on any atom is 0.163 e. The average molecular weight is 210 g/mol. The Balaban J connectivity index is 2.43. The van der Waals surface area contributed by atoms with E-state index in [9.17, 15) is 9.00 Å². The van der Waals surface area contributed by atoms with Crippen LogP contribution in [0.4, 0.5) is 0 Å². The van der Waals surface area contributed by atoms with Gasteiger partial charge < -0.3 is 4.55 Å². The van der Waals surface area contributed by atoms with Gasteiger partial charge in [-0.25, -0.2) is 4.21 Å². The van der Waals surface area contributed by atoms with Crippen LogP contribution in [0.5, 0.6) is 0 Å². The van der Waals surface area contributed by atoms with E-state index in [1.54, 1.807) is 12.1 Å². The second-order valence-electron chi connectivity index (χ2n) is 3.33. The Bertz CT molecular complexity index is 412. The third kappa shape index (κ3) is 1.63. The molecule has 0 saturated heterocycles. The molecule has 14 heavy (non-hydrogen) atoms. The lowest BCUT2D eigenvalue weighted by Crippen LogP contribution is -1.99. The van der Waals surface area contributed by atoms with Gasteiger partial charge in [0.25, 0.3) is 0 Å². The highest BCUT2D eigenvalue weighted by atomic mass is 32.2. The van der Waals surface area contributed by atoms with Crippen molar-refractivity contribution in [3.8, 4) is 0 Å². The molecule has 0 heterocycles. The van der Waals surface area contributed by atoms with E-state index in [1.165, 1.54) is 0 Å². The van der Waals surface area contributed by atoms with Crippen molar-refractivity contribution in [2.45, 2.75) is 18.6 Å². The Labute approximate surface area is 84.4 Å². The van der Waals surface area contributed by atoms with Gasteiger partial charge >= 0.3 is 0 Å². The molecule has 2 rings (SSSR count). The van der Waals surface area contributed by atoms with E-state index in [-0.39, 0.29) is 11.5 Å². The molecule has 0 fully saturated rings. The van der Waals surface area contributed by atoms with Gasteiger partial charge in [-0.1, -0.05) is 18.2 Å². The van der Waals surface area contributed by atoms with Gasteiger partial charge in [-0.05, 0) is 17.5 Å². The molecule has 74 valence electrons. The van der Waals surface area contributed by atoms with Crippen molar-refractivity contribution in [2.75, 3.05) is 0 Å². The van der Waals surface area contributed by atoms with Crippen LogP contribution >= 0.6 is 0 Å². The smallest absolute Gasteiger partial charge is 0.163 e. The first-order valence-electron chi connectivity index (χ1n) is 4.40. The second kappa shape index (κ2) is 3.63. The van der Waals surface area contributed by atoms with E-state index < -0.39 is 11.1 Å². The third-order valence-electron chi connectivity index (χ3n) is 2.45. The van der Waals surface area contributed by atoms with E-state index in [0.717, 1.165) is 16.7 Å². The minimum atomic E-state index is -1.83. The van der Waals surface area contributed by atoms with Gasteiger partial charge in [0.15, 0.2) is 16.9 Å². The second-order valence-corrected chi connectivity index (χ2v) is 4.26. The summed E-state index contributed by atoms with van der Waals surface area (Å²) in [6.07, 6.45) is 1.24. The zero-order chi connectivity index (χ0) is 10.1. The van der Waals surface area contributed by atoms with Crippen molar-refractivity contribution in [3.63, 3.8) is 0 Å². The van der Waals surface area contributed by atoms with E-state index in [4.69, 9.17) is 4.55 Å². The van der Waals surface area contributed by atoms with Crippen LogP contribution in [0.25, 0.3) is 0 Å². The molecule has 1 N–H and O–H groups in total. The van der Waals surface area contributed by atoms with Gasteiger partial charge in [0.05, 0.1) is 5.75 Å². The van der Waals surface area contributed by atoms with Gasteiger partial charge in [0.1, 0.15) is 0 Å². The molecule has 0 spiro atoms. The summed E-state index contributed by atoms with van der Waals surface area (Å²) in [6, 6.07) is 5.37. The molecular weight excluding hydrogens is 200 g/mol. The van der Waals surface area contributed by atoms with Crippen molar-refractivity contribution in [2.24, 2.45) is 0 Å². The SMILES string of the molecule is O=C1CCc2c(CS(=O)O)cccc21. The Morgan fingerprint density at radius 2 is 2.14 bits per heavy atom. The summed E-state index contributed by atoms with van der Waals surface area (Å²) in [5, 5.41) is 0. The lowest BCUT2D eigenvalue weighted by Gasteiger charge is -2.04.